The van der Waals surface area contributed by atoms with Crippen molar-refractivity contribution >= 4 is 11.9 Å². The lowest BCUT2D eigenvalue weighted by Gasteiger charge is -2.21. The van der Waals surface area contributed by atoms with Crippen LogP contribution in [0.1, 0.15) is 36.7 Å². The second-order valence-corrected chi connectivity index (χ2v) is 6.18. The molecule has 2 aromatic carbocycles. The summed E-state index contributed by atoms with van der Waals surface area (Å²) in [6, 6.07) is 14.2. The molecular weight excluding hydrogens is 344 g/mol. The molecule has 27 heavy (non-hydrogen) atoms. The lowest BCUT2D eigenvalue weighted by molar-refractivity contribution is -0.137. The van der Waals surface area contributed by atoms with Crippen molar-refractivity contribution in [3.63, 3.8) is 0 Å². The van der Waals surface area contributed by atoms with Gasteiger partial charge in [0.15, 0.2) is 0 Å². The zero-order valence-electron chi connectivity index (χ0n) is 15.6. The molecule has 2 rings (SSSR count). The Labute approximate surface area is 158 Å². The van der Waals surface area contributed by atoms with Crippen LogP contribution in [0.5, 0.6) is 11.5 Å². The summed E-state index contributed by atoms with van der Waals surface area (Å²) in [6.07, 6.45) is 0. The minimum atomic E-state index is -0.831. The number of para-hydroxylation sites is 1. The highest BCUT2D eigenvalue weighted by atomic mass is 16.5. The lowest BCUT2D eigenvalue weighted by Crippen LogP contribution is -2.46. The zero-order valence-corrected chi connectivity index (χ0v) is 15.6. The Morgan fingerprint density at radius 3 is 2.37 bits per heavy atom. The van der Waals surface area contributed by atoms with Crippen LogP contribution < -0.4 is 14.8 Å². The predicted octanol–water partition coefficient (Wildman–Crippen LogP) is 3.32. The molecule has 0 aliphatic rings. The number of ether oxygens (including phenoxy) is 2. The van der Waals surface area contributed by atoms with Gasteiger partial charge >= 0.3 is 5.97 Å². The van der Waals surface area contributed by atoms with E-state index in [-0.39, 0.29) is 5.92 Å². The van der Waals surface area contributed by atoms with Crippen molar-refractivity contribution in [2.75, 3.05) is 6.61 Å². The minimum absolute atomic E-state index is 0.181. The maximum absolute atomic E-state index is 12.7. The third kappa shape index (κ3) is 5.32. The standard InChI is InChI=1S/C21H22N2O4/c1-4-26-18-8-6-5-7-17(18)20(24)23-19(14(2)3)21(25)27-16-11-9-15(13-22)10-12-16/h5-12,14,19H,4H2,1-3H3,(H,23,24)/t19-/m0/s1. The first-order valence-corrected chi connectivity index (χ1v) is 8.70. The number of hydrogen-bond donors (Lipinski definition) is 1. The van der Waals surface area contributed by atoms with Crippen molar-refractivity contribution < 1.29 is 19.1 Å². The lowest BCUT2D eigenvalue weighted by atomic mass is 10.0. The Morgan fingerprint density at radius 1 is 1.11 bits per heavy atom. The van der Waals surface area contributed by atoms with Gasteiger partial charge in [0.2, 0.25) is 0 Å². The molecule has 6 heteroatoms. The number of carbonyl (C=O) groups is 2. The number of amides is 1. The van der Waals surface area contributed by atoms with Crippen LogP contribution in [0.3, 0.4) is 0 Å². The summed E-state index contributed by atoms with van der Waals surface area (Å²) >= 11 is 0. The smallest absolute Gasteiger partial charge is 0.334 e. The summed E-state index contributed by atoms with van der Waals surface area (Å²) in [5, 5.41) is 11.6. The van der Waals surface area contributed by atoms with E-state index in [1.54, 1.807) is 48.5 Å². The van der Waals surface area contributed by atoms with Gasteiger partial charge in [-0.1, -0.05) is 26.0 Å². The topological polar surface area (TPSA) is 88.4 Å². The summed E-state index contributed by atoms with van der Waals surface area (Å²) in [4.78, 5) is 25.2. The molecule has 0 aromatic heterocycles. The quantitative estimate of drug-likeness (QED) is 0.600. The molecule has 6 nitrogen and oxygen atoms in total. The highest BCUT2D eigenvalue weighted by Crippen LogP contribution is 2.19. The van der Waals surface area contributed by atoms with Gasteiger partial charge in [-0.05, 0) is 49.2 Å². The normalized spacial score (nSPS) is 11.4. The SMILES string of the molecule is CCOc1ccccc1C(=O)N[C@H](C(=O)Oc1ccc(C#N)cc1)C(C)C. The van der Waals surface area contributed by atoms with E-state index in [1.165, 1.54) is 0 Å². The second kappa shape index (κ2) is 9.39. The molecule has 0 radical (unpaired) electrons. The maximum atomic E-state index is 12.7. The van der Waals surface area contributed by atoms with Crippen LogP contribution in [-0.4, -0.2) is 24.5 Å². The molecular formula is C21H22N2O4. The molecule has 0 aliphatic carbocycles. The molecule has 140 valence electrons. The number of nitrogens with one attached hydrogen (secondary N) is 1. The fourth-order valence-corrected chi connectivity index (χ4v) is 2.43. The van der Waals surface area contributed by atoms with Gasteiger partial charge in [-0.3, -0.25) is 4.79 Å². The van der Waals surface area contributed by atoms with E-state index in [2.05, 4.69) is 5.32 Å². The molecule has 1 amide bonds. The summed E-state index contributed by atoms with van der Waals surface area (Å²) in [5.74, 6) is -0.389. The first kappa shape index (κ1) is 20.0. The molecule has 1 atom stereocenters. The van der Waals surface area contributed by atoms with Crippen LogP contribution in [0.15, 0.2) is 48.5 Å². The highest BCUT2D eigenvalue weighted by molar-refractivity contribution is 5.99. The van der Waals surface area contributed by atoms with Crippen molar-refractivity contribution in [1.29, 1.82) is 5.26 Å². The van der Waals surface area contributed by atoms with Gasteiger partial charge < -0.3 is 14.8 Å². The fourth-order valence-electron chi connectivity index (χ4n) is 2.43. The summed E-state index contributed by atoms with van der Waals surface area (Å²) in [5.41, 5.74) is 0.826. The summed E-state index contributed by atoms with van der Waals surface area (Å²) in [6.45, 7) is 5.90. The van der Waals surface area contributed by atoms with Crippen LogP contribution in [-0.2, 0) is 4.79 Å². The van der Waals surface area contributed by atoms with Crippen LogP contribution in [0.25, 0.3) is 0 Å². The average Bonchev–Trinajstić information content (AvgIpc) is 2.67. The van der Waals surface area contributed by atoms with Crippen molar-refractivity contribution in [3.05, 3.63) is 59.7 Å². The Kier molecular flexibility index (Phi) is 6.95. The van der Waals surface area contributed by atoms with Gasteiger partial charge in [0.25, 0.3) is 5.91 Å². The number of hydrogen-bond acceptors (Lipinski definition) is 5. The fraction of sp³-hybridized carbons (Fsp3) is 0.286. The molecule has 0 saturated heterocycles. The third-order valence-electron chi connectivity index (χ3n) is 3.84. The molecule has 0 aliphatic heterocycles. The average molecular weight is 366 g/mol. The number of carbonyl (C=O) groups excluding carboxylic acids is 2. The molecule has 0 unspecified atom stereocenters. The molecule has 0 spiro atoms. The van der Waals surface area contributed by atoms with Crippen molar-refractivity contribution in [2.24, 2.45) is 5.92 Å². The number of benzene rings is 2. The Balaban J connectivity index is 2.13. The maximum Gasteiger partial charge on any atom is 0.334 e. The van der Waals surface area contributed by atoms with Gasteiger partial charge in [0.1, 0.15) is 17.5 Å². The van der Waals surface area contributed by atoms with E-state index < -0.39 is 17.9 Å². The van der Waals surface area contributed by atoms with Gasteiger partial charge in [-0.25, -0.2) is 4.79 Å². The van der Waals surface area contributed by atoms with Crippen molar-refractivity contribution in [1.82, 2.24) is 5.32 Å². The number of esters is 1. The third-order valence-corrected chi connectivity index (χ3v) is 3.84. The molecule has 2 aromatic rings. The number of nitriles is 1. The van der Waals surface area contributed by atoms with E-state index in [4.69, 9.17) is 14.7 Å². The monoisotopic (exact) mass is 366 g/mol. The minimum Gasteiger partial charge on any atom is -0.493 e. The van der Waals surface area contributed by atoms with Crippen LogP contribution in [0.4, 0.5) is 0 Å². The molecule has 0 fully saturated rings. The van der Waals surface area contributed by atoms with E-state index >= 15 is 0 Å². The van der Waals surface area contributed by atoms with E-state index in [0.29, 0.717) is 29.2 Å². The van der Waals surface area contributed by atoms with Crippen LogP contribution >= 0.6 is 0 Å². The van der Waals surface area contributed by atoms with Gasteiger partial charge in [-0.15, -0.1) is 0 Å². The van der Waals surface area contributed by atoms with E-state index in [1.807, 2.05) is 26.8 Å². The Hall–Kier alpha value is -3.33. The largest absolute Gasteiger partial charge is 0.493 e. The van der Waals surface area contributed by atoms with Gasteiger partial charge in [0, 0.05) is 0 Å². The van der Waals surface area contributed by atoms with Crippen LogP contribution in [0, 0.1) is 17.2 Å². The van der Waals surface area contributed by atoms with Gasteiger partial charge in [0.05, 0.1) is 23.8 Å². The second-order valence-electron chi connectivity index (χ2n) is 6.18. The molecule has 0 saturated carbocycles. The molecule has 0 bridgehead atoms. The van der Waals surface area contributed by atoms with E-state index in [0.717, 1.165) is 0 Å². The first-order valence-electron chi connectivity index (χ1n) is 8.70. The van der Waals surface area contributed by atoms with Crippen molar-refractivity contribution in [2.45, 2.75) is 26.8 Å². The van der Waals surface area contributed by atoms with Gasteiger partial charge in [-0.2, -0.15) is 5.26 Å². The van der Waals surface area contributed by atoms with Crippen molar-refractivity contribution in [3.8, 4) is 17.6 Å². The number of rotatable bonds is 7. The summed E-state index contributed by atoms with van der Waals surface area (Å²) in [7, 11) is 0. The molecule has 0 heterocycles. The molecule has 1 N–H and O–H groups in total. The first-order chi connectivity index (χ1) is 13.0. The predicted molar refractivity (Wildman–Crippen MR) is 100 cm³/mol. The zero-order chi connectivity index (χ0) is 19.8. The summed E-state index contributed by atoms with van der Waals surface area (Å²) < 4.78 is 10.8. The van der Waals surface area contributed by atoms with Crippen LogP contribution in [0.2, 0.25) is 0 Å². The Morgan fingerprint density at radius 2 is 1.78 bits per heavy atom. The highest BCUT2D eigenvalue weighted by Gasteiger charge is 2.27. The number of nitrogens with zero attached hydrogens (tertiary/aromatic N) is 1. The van der Waals surface area contributed by atoms with E-state index in [9.17, 15) is 9.59 Å². The Bertz CT molecular complexity index is 838.